The smallest absolute Gasteiger partial charge is 0.277 e. The van der Waals surface area contributed by atoms with E-state index in [1.54, 1.807) is 30.3 Å². The molecule has 3 aromatic rings. The van der Waals surface area contributed by atoms with Gasteiger partial charge in [0.15, 0.2) is 11.5 Å². The van der Waals surface area contributed by atoms with Crippen molar-refractivity contribution in [3.63, 3.8) is 0 Å². The molecule has 1 aromatic heterocycles. The highest BCUT2D eigenvalue weighted by Crippen LogP contribution is 2.24. The highest BCUT2D eigenvalue weighted by molar-refractivity contribution is 6.34. The maximum absolute atomic E-state index is 12.4. The minimum Gasteiger partial charge on any atom is -0.355 e. The Bertz CT molecular complexity index is 985. The number of carbonyl (C=O) groups excluding carboxylic acids is 2. The zero-order chi connectivity index (χ0) is 18.7. The van der Waals surface area contributed by atoms with Crippen LogP contribution in [-0.2, 0) is 0 Å². The van der Waals surface area contributed by atoms with E-state index >= 15 is 0 Å². The zero-order valence-corrected chi connectivity index (χ0v) is 15.1. The molecule has 0 atom stereocenters. The van der Waals surface area contributed by atoms with Crippen LogP contribution in [0.1, 0.15) is 20.8 Å². The van der Waals surface area contributed by atoms with Crippen LogP contribution in [0.3, 0.4) is 0 Å². The number of carbonyl (C=O) groups is 2. The van der Waals surface area contributed by atoms with Crippen LogP contribution in [0.5, 0.6) is 0 Å². The number of halogens is 2. The average molecular weight is 390 g/mol. The van der Waals surface area contributed by atoms with Gasteiger partial charge in [0.2, 0.25) is 0 Å². The molecule has 0 aliphatic heterocycles. The van der Waals surface area contributed by atoms with Gasteiger partial charge in [-0.05, 0) is 30.3 Å². The number of aromatic nitrogens is 1. The second-order valence-corrected chi connectivity index (χ2v) is 6.16. The maximum Gasteiger partial charge on any atom is 0.277 e. The summed E-state index contributed by atoms with van der Waals surface area (Å²) >= 11 is 11.9. The molecule has 0 aliphatic rings. The molecule has 0 saturated carbocycles. The fraction of sp³-hybridized carbons (Fsp3) is 0.0556. The number of hydrogen-bond acceptors (Lipinski definition) is 4. The summed E-state index contributed by atoms with van der Waals surface area (Å²) in [5.41, 5.74) is 1.46. The van der Waals surface area contributed by atoms with E-state index in [-0.39, 0.29) is 22.2 Å². The second-order valence-electron chi connectivity index (χ2n) is 5.31. The van der Waals surface area contributed by atoms with E-state index in [1.165, 1.54) is 25.2 Å². The third-order valence-corrected chi connectivity index (χ3v) is 4.11. The summed E-state index contributed by atoms with van der Waals surface area (Å²) in [4.78, 5) is 24.2. The Morgan fingerprint density at radius 3 is 2.58 bits per heavy atom. The lowest BCUT2D eigenvalue weighted by Gasteiger charge is -2.07. The van der Waals surface area contributed by atoms with Crippen LogP contribution in [0.25, 0.3) is 11.3 Å². The normalized spacial score (nSPS) is 10.4. The monoisotopic (exact) mass is 389 g/mol. The topological polar surface area (TPSA) is 84.2 Å². The fourth-order valence-corrected chi connectivity index (χ4v) is 2.66. The molecule has 0 saturated heterocycles. The van der Waals surface area contributed by atoms with Gasteiger partial charge >= 0.3 is 0 Å². The van der Waals surface area contributed by atoms with Gasteiger partial charge < -0.3 is 15.2 Å². The fourth-order valence-electron chi connectivity index (χ4n) is 2.27. The minimum absolute atomic E-state index is 0.0939. The summed E-state index contributed by atoms with van der Waals surface area (Å²) in [7, 11) is 1.50. The molecule has 1 heterocycles. The Kier molecular flexibility index (Phi) is 5.25. The van der Waals surface area contributed by atoms with E-state index in [0.29, 0.717) is 22.0 Å². The van der Waals surface area contributed by atoms with Gasteiger partial charge in [0.05, 0.1) is 10.6 Å². The number of amides is 2. The lowest BCUT2D eigenvalue weighted by molar-refractivity contribution is 0.0961. The van der Waals surface area contributed by atoms with Gasteiger partial charge in [0, 0.05) is 29.4 Å². The Morgan fingerprint density at radius 1 is 1.04 bits per heavy atom. The van der Waals surface area contributed by atoms with Gasteiger partial charge in [0.25, 0.3) is 11.8 Å². The van der Waals surface area contributed by atoms with Gasteiger partial charge in [-0.3, -0.25) is 9.59 Å². The van der Waals surface area contributed by atoms with E-state index < -0.39 is 5.91 Å². The first kappa shape index (κ1) is 18.0. The zero-order valence-electron chi connectivity index (χ0n) is 13.5. The number of benzene rings is 2. The number of anilines is 1. The van der Waals surface area contributed by atoms with Crippen LogP contribution in [0.15, 0.2) is 53.1 Å². The van der Waals surface area contributed by atoms with Gasteiger partial charge in [-0.1, -0.05) is 40.5 Å². The third-order valence-electron chi connectivity index (χ3n) is 3.55. The molecule has 2 amide bonds. The van der Waals surface area contributed by atoms with Crippen LogP contribution in [0.4, 0.5) is 5.69 Å². The van der Waals surface area contributed by atoms with E-state index in [1.807, 2.05) is 0 Å². The molecule has 6 nitrogen and oxygen atoms in total. The van der Waals surface area contributed by atoms with E-state index in [9.17, 15) is 9.59 Å². The minimum atomic E-state index is -0.479. The SMILES string of the molecule is CNC(=O)c1cc(NC(=O)c2cc(-c3cccc(Cl)c3)on2)ccc1Cl. The summed E-state index contributed by atoms with van der Waals surface area (Å²) in [6, 6.07) is 13.1. The third kappa shape index (κ3) is 3.87. The van der Waals surface area contributed by atoms with Gasteiger partial charge in [-0.25, -0.2) is 0 Å². The first-order valence-electron chi connectivity index (χ1n) is 7.53. The van der Waals surface area contributed by atoms with Crippen molar-refractivity contribution in [3.8, 4) is 11.3 Å². The molecular weight excluding hydrogens is 377 g/mol. The first-order valence-corrected chi connectivity index (χ1v) is 8.29. The number of nitrogens with zero attached hydrogens (tertiary/aromatic N) is 1. The van der Waals surface area contributed by atoms with Crippen LogP contribution in [-0.4, -0.2) is 24.0 Å². The average Bonchev–Trinajstić information content (AvgIpc) is 3.13. The highest BCUT2D eigenvalue weighted by Gasteiger charge is 2.16. The summed E-state index contributed by atoms with van der Waals surface area (Å²) in [6.45, 7) is 0. The van der Waals surface area contributed by atoms with Crippen molar-refractivity contribution in [1.29, 1.82) is 0 Å². The van der Waals surface area contributed by atoms with Crippen molar-refractivity contribution in [2.75, 3.05) is 12.4 Å². The Balaban J connectivity index is 1.80. The Labute approximate surface area is 159 Å². The van der Waals surface area contributed by atoms with Crippen LogP contribution >= 0.6 is 23.2 Å². The Hall–Kier alpha value is -2.83. The molecule has 0 radical (unpaired) electrons. The predicted octanol–water partition coefficient (Wildman–Crippen LogP) is 4.26. The molecule has 0 aliphatic carbocycles. The molecular formula is C18H13Cl2N3O3. The lowest BCUT2D eigenvalue weighted by atomic mass is 10.1. The molecule has 2 aromatic carbocycles. The van der Waals surface area contributed by atoms with Crippen molar-refractivity contribution < 1.29 is 14.1 Å². The summed E-state index contributed by atoms with van der Waals surface area (Å²) in [5.74, 6) is -0.414. The van der Waals surface area contributed by atoms with Crippen LogP contribution in [0.2, 0.25) is 10.0 Å². The molecule has 0 bridgehead atoms. The molecule has 8 heteroatoms. The molecule has 0 unspecified atom stereocenters. The summed E-state index contributed by atoms with van der Waals surface area (Å²) in [6.07, 6.45) is 0. The van der Waals surface area contributed by atoms with E-state index in [2.05, 4.69) is 15.8 Å². The molecule has 3 rings (SSSR count). The van der Waals surface area contributed by atoms with Gasteiger partial charge in [-0.2, -0.15) is 0 Å². The first-order chi connectivity index (χ1) is 12.5. The van der Waals surface area contributed by atoms with Crippen LogP contribution < -0.4 is 10.6 Å². The largest absolute Gasteiger partial charge is 0.355 e. The van der Waals surface area contributed by atoms with Gasteiger partial charge in [0.1, 0.15) is 0 Å². The Morgan fingerprint density at radius 2 is 1.85 bits per heavy atom. The standard InChI is InChI=1S/C18H13Cl2N3O3/c1-21-17(24)13-8-12(5-6-14(13)20)22-18(25)15-9-16(26-23-15)10-3-2-4-11(19)7-10/h2-9H,1H3,(H,21,24)(H,22,25). The molecule has 132 valence electrons. The van der Waals surface area contributed by atoms with E-state index in [0.717, 1.165) is 0 Å². The van der Waals surface area contributed by atoms with Crippen molar-refractivity contribution in [1.82, 2.24) is 10.5 Å². The summed E-state index contributed by atoms with van der Waals surface area (Å²) < 4.78 is 5.21. The predicted molar refractivity (Wildman–Crippen MR) is 99.7 cm³/mol. The summed E-state index contributed by atoms with van der Waals surface area (Å²) in [5, 5.41) is 9.75. The van der Waals surface area contributed by atoms with Crippen molar-refractivity contribution in [3.05, 3.63) is 69.8 Å². The van der Waals surface area contributed by atoms with Crippen molar-refractivity contribution in [2.45, 2.75) is 0 Å². The van der Waals surface area contributed by atoms with Gasteiger partial charge in [-0.15, -0.1) is 0 Å². The van der Waals surface area contributed by atoms with Crippen molar-refractivity contribution in [2.24, 2.45) is 0 Å². The highest BCUT2D eigenvalue weighted by atomic mass is 35.5. The molecule has 0 fully saturated rings. The lowest BCUT2D eigenvalue weighted by Crippen LogP contribution is -2.19. The molecule has 2 N–H and O–H groups in total. The number of nitrogens with one attached hydrogen (secondary N) is 2. The van der Waals surface area contributed by atoms with Crippen molar-refractivity contribution >= 4 is 40.7 Å². The second kappa shape index (κ2) is 7.59. The molecule has 0 spiro atoms. The van der Waals surface area contributed by atoms with Crippen LogP contribution in [0, 0.1) is 0 Å². The maximum atomic E-state index is 12.4. The quantitative estimate of drug-likeness (QED) is 0.697. The van der Waals surface area contributed by atoms with E-state index in [4.69, 9.17) is 27.7 Å². The number of hydrogen-bond donors (Lipinski definition) is 2. The molecule has 26 heavy (non-hydrogen) atoms. The number of rotatable bonds is 4.